The Morgan fingerprint density at radius 1 is 1.13 bits per heavy atom. The van der Waals surface area contributed by atoms with Crippen molar-refractivity contribution in [3.8, 4) is 0 Å². The fourth-order valence-corrected chi connectivity index (χ4v) is 2.02. The summed E-state index contributed by atoms with van der Waals surface area (Å²) in [5.74, 6) is 1.58. The second-order valence-corrected chi connectivity index (χ2v) is 5.92. The molecule has 0 aromatic heterocycles. The van der Waals surface area contributed by atoms with Gasteiger partial charge in [-0.1, -0.05) is 26.0 Å². The summed E-state index contributed by atoms with van der Waals surface area (Å²) in [5.41, 5.74) is 2.31. The van der Waals surface area contributed by atoms with Gasteiger partial charge in [-0.2, -0.15) is 0 Å². The first-order valence-corrected chi connectivity index (χ1v) is 8.49. The summed E-state index contributed by atoms with van der Waals surface area (Å²) in [6.07, 6.45) is 1.15. The Hall–Kier alpha value is -1.75. The van der Waals surface area contributed by atoms with Gasteiger partial charge < -0.3 is 20.7 Å². The number of hydrogen-bond acceptors (Lipinski definition) is 3. The van der Waals surface area contributed by atoms with Gasteiger partial charge in [-0.05, 0) is 37.0 Å². The van der Waals surface area contributed by atoms with Crippen molar-refractivity contribution in [2.24, 2.45) is 10.9 Å². The van der Waals surface area contributed by atoms with Crippen LogP contribution in [0.3, 0.4) is 0 Å². The summed E-state index contributed by atoms with van der Waals surface area (Å²) in [5, 5.41) is 9.98. The van der Waals surface area contributed by atoms with E-state index in [2.05, 4.69) is 66.0 Å². The number of ether oxygens (including phenoxy) is 1. The molecule has 0 atom stereocenters. The zero-order valence-corrected chi connectivity index (χ0v) is 15.0. The highest BCUT2D eigenvalue weighted by Crippen LogP contribution is 2.10. The predicted molar refractivity (Wildman–Crippen MR) is 99.1 cm³/mol. The first-order valence-electron chi connectivity index (χ1n) is 8.49. The van der Waals surface area contributed by atoms with E-state index in [0.29, 0.717) is 19.1 Å². The molecule has 0 amide bonds. The molecule has 0 aliphatic heterocycles. The summed E-state index contributed by atoms with van der Waals surface area (Å²) in [6, 6.07) is 8.38. The average Bonchev–Trinajstić information content (AvgIpc) is 2.54. The van der Waals surface area contributed by atoms with Crippen molar-refractivity contribution in [3.05, 3.63) is 29.8 Å². The van der Waals surface area contributed by atoms with Crippen molar-refractivity contribution < 1.29 is 4.74 Å². The summed E-state index contributed by atoms with van der Waals surface area (Å²) >= 11 is 0. The van der Waals surface area contributed by atoms with Crippen LogP contribution in [0, 0.1) is 5.92 Å². The van der Waals surface area contributed by atoms with Crippen molar-refractivity contribution in [2.45, 2.75) is 33.7 Å². The Morgan fingerprint density at radius 2 is 1.87 bits per heavy atom. The fourth-order valence-electron chi connectivity index (χ4n) is 2.02. The molecule has 3 N–H and O–H groups in total. The first-order chi connectivity index (χ1) is 11.2. The molecule has 5 nitrogen and oxygen atoms in total. The van der Waals surface area contributed by atoms with Crippen LogP contribution in [-0.4, -0.2) is 39.3 Å². The van der Waals surface area contributed by atoms with E-state index in [1.807, 2.05) is 0 Å². The Morgan fingerprint density at radius 3 is 2.48 bits per heavy atom. The lowest BCUT2D eigenvalue weighted by molar-refractivity contribution is 0.211. The third-order valence-corrected chi connectivity index (χ3v) is 3.37. The third-order valence-electron chi connectivity index (χ3n) is 3.37. The van der Waals surface area contributed by atoms with Crippen LogP contribution < -0.4 is 16.0 Å². The maximum absolute atomic E-state index is 5.03. The normalized spacial score (nSPS) is 11.6. The van der Waals surface area contributed by atoms with Crippen LogP contribution in [0.15, 0.2) is 29.3 Å². The van der Waals surface area contributed by atoms with Gasteiger partial charge in [0, 0.05) is 32.4 Å². The van der Waals surface area contributed by atoms with Crippen LogP contribution in [0.2, 0.25) is 0 Å². The van der Waals surface area contributed by atoms with Crippen LogP contribution >= 0.6 is 0 Å². The highest BCUT2D eigenvalue weighted by molar-refractivity contribution is 5.79. The van der Waals surface area contributed by atoms with Crippen LogP contribution in [0.4, 0.5) is 5.69 Å². The molecule has 0 saturated heterocycles. The van der Waals surface area contributed by atoms with Crippen molar-refractivity contribution in [1.82, 2.24) is 10.6 Å². The van der Waals surface area contributed by atoms with Gasteiger partial charge in [0.25, 0.3) is 0 Å². The maximum Gasteiger partial charge on any atom is 0.191 e. The minimum absolute atomic E-state index is 0.676. The monoisotopic (exact) mass is 320 g/mol. The maximum atomic E-state index is 5.03. The Bertz CT molecular complexity index is 443. The van der Waals surface area contributed by atoms with E-state index in [4.69, 9.17) is 4.74 Å². The number of nitrogens with one attached hydrogen (secondary N) is 3. The number of methoxy groups -OCH3 is 1. The Labute approximate surface area is 140 Å². The molecule has 0 aliphatic carbocycles. The van der Waals surface area contributed by atoms with Crippen molar-refractivity contribution in [2.75, 3.05) is 38.7 Å². The Balaban J connectivity index is 2.47. The second-order valence-electron chi connectivity index (χ2n) is 5.92. The van der Waals surface area contributed by atoms with E-state index in [0.717, 1.165) is 37.7 Å². The zero-order valence-electron chi connectivity index (χ0n) is 15.0. The van der Waals surface area contributed by atoms with Gasteiger partial charge in [0.1, 0.15) is 0 Å². The highest BCUT2D eigenvalue weighted by atomic mass is 16.5. The van der Waals surface area contributed by atoms with Crippen LogP contribution in [-0.2, 0) is 11.3 Å². The number of hydrogen-bond donors (Lipinski definition) is 3. The molecule has 130 valence electrons. The van der Waals surface area contributed by atoms with E-state index in [-0.39, 0.29) is 0 Å². The Kier molecular flexibility index (Phi) is 9.87. The molecule has 1 aromatic carbocycles. The number of benzene rings is 1. The number of nitrogens with zero attached hydrogens (tertiary/aromatic N) is 1. The van der Waals surface area contributed by atoms with E-state index >= 15 is 0 Å². The van der Waals surface area contributed by atoms with Gasteiger partial charge in [0.15, 0.2) is 5.96 Å². The molecule has 5 heteroatoms. The molecule has 0 spiro atoms. The summed E-state index contributed by atoms with van der Waals surface area (Å²) in [6.45, 7) is 10.6. The summed E-state index contributed by atoms with van der Waals surface area (Å²) in [4.78, 5) is 4.64. The number of anilines is 1. The minimum atomic E-state index is 0.676. The predicted octanol–water partition coefficient (Wildman–Crippen LogP) is 2.85. The van der Waals surface area contributed by atoms with Gasteiger partial charge in [-0.15, -0.1) is 0 Å². The molecule has 1 aromatic rings. The molecule has 23 heavy (non-hydrogen) atoms. The quantitative estimate of drug-likeness (QED) is 0.352. The molecular formula is C18H32N4O. The van der Waals surface area contributed by atoms with Crippen molar-refractivity contribution >= 4 is 11.6 Å². The molecule has 0 saturated carbocycles. The molecule has 0 unspecified atom stereocenters. The topological polar surface area (TPSA) is 57.7 Å². The number of rotatable bonds is 10. The van der Waals surface area contributed by atoms with Gasteiger partial charge in [0.05, 0.1) is 13.2 Å². The van der Waals surface area contributed by atoms with E-state index in [9.17, 15) is 0 Å². The van der Waals surface area contributed by atoms with Gasteiger partial charge in [0.2, 0.25) is 0 Å². The molecular weight excluding hydrogens is 288 g/mol. The van der Waals surface area contributed by atoms with Gasteiger partial charge in [-0.3, -0.25) is 0 Å². The summed E-state index contributed by atoms with van der Waals surface area (Å²) in [7, 11) is 1.71. The zero-order chi connectivity index (χ0) is 16.9. The SMILES string of the molecule is CCNC(=NCc1ccc(NCCOC)cc1)NCCC(C)C. The van der Waals surface area contributed by atoms with Crippen LogP contribution in [0.1, 0.15) is 32.8 Å². The smallest absolute Gasteiger partial charge is 0.191 e. The van der Waals surface area contributed by atoms with Gasteiger partial charge >= 0.3 is 0 Å². The molecule has 0 heterocycles. The van der Waals surface area contributed by atoms with Crippen molar-refractivity contribution in [1.29, 1.82) is 0 Å². The van der Waals surface area contributed by atoms with Crippen LogP contribution in [0.25, 0.3) is 0 Å². The first kappa shape index (κ1) is 19.3. The second kappa shape index (κ2) is 11.8. The highest BCUT2D eigenvalue weighted by Gasteiger charge is 1.99. The fraction of sp³-hybridized carbons (Fsp3) is 0.611. The van der Waals surface area contributed by atoms with Crippen molar-refractivity contribution in [3.63, 3.8) is 0 Å². The average molecular weight is 320 g/mol. The standard InChI is InChI=1S/C18H32N4O/c1-5-19-18(21-11-10-15(2)3)22-14-16-6-8-17(9-7-16)20-12-13-23-4/h6-9,15,20H,5,10-14H2,1-4H3,(H2,19,21,22). The molecule has 0 bridgehead atoms. The van der Waals surface area contributed by atoms with E-state index in [1.54, 1.807) is 7.11 Å². The summed E-state index contributed by atoms with van der Waals surface area (Å²) < 4.78 is 5.03. The lowest BCUT2D eigenvalue weighted by atomic mass is 10.1. The lowest BCUT2D eigenvalue weighted by Crippen LogP contribution is -2.38. The lowest BCUT2D eigenvalue weighted by Gasteiger charge is -2.12. The number of aliphatic imine (C=N–C) groups is 1. The molecule has 0 fully saturated rings. The van der Waals surface area contributed by atoms with E-state index < -0.39 is 0 Å². The minimum Gasteiger partial charge on any atom is -0.383 e. The number of guanidine groups is 1. The van der Waals surface area contributed by atoms with Gasteiger partial charge in [-0.25, -0.2) is 4.99 Å². The van der Waals surface area contributed by atoms with Crippen LogP contribution in [0.5, 0.6) is 0 Å². The third kappa shape index (κ3) is 9.08. The van der Waals surface area contributed by atoms with E-state index in [1.165, 1.54) is 5.56 Å². The largest absolute Gasteiger partial charge is 0.383 e. The molecule has 0 aliphatic rings. The molecule has 1 rings (SSSR count). The molecule has 0 radical (unpaired) electrons.